The molecular formula is C4H4AsKO12. The standard InChI is InChI=1S/C3H3AsO9.CH2O3.K/c5-1(6)11-4(12-2(7)8)13-3(9)10;2-1(3)4;/h(H,5,6)(H,7,8)(H,9,10);(H2,2,3,4);/q;;+1/p-1. The van der Waals surface area contributed by atoms with Gasteiger partial charge in [-0.3, -0.25) is 0 Å². The average molecular weight is 358 g/mol. The van der Waals surface area contributed by atoms with Crippen LogP contribution in [0.1, 0.15) is 0 Å². The van der Waals surface area contributed by atoms with Crippen molar-refractivity contribution in [3.8, 4) is 0 Å². The van der Waals surface area contributed by atoms with Crippen LogP contribution in [0.4, 0.5) is 19.2 Å². The second kappa shape index (κ2) is 12.7. The van der Waals surface area contributed by atoms with Gasteiger partial charge in [0.05, 0.1) is 0 Å². The molecular weight excluding hydrogens is 354 g/mol. The Hall–Kier alpha value is -0.725. The summed E-state index contributed by atoms with van der Waals surface area (Å²) in [6.45, 7) is 0. The third kappa shape index (κ3) is 24.5. The van der Waals surface area contributed by atoms with E-state index in [1.165, 1.54) is 0 Å². The molecule has 0 heterocycles. The molecule has 0 aromatic heterocycles. The van der Waals surface area contributed by atoms with Gasteiger partial charge in [-0.1, -0.05) is 0 Å². The van der Waals surface area contributed by atoms with Crippen LogP contribution in [0.25, 0.3) is 0 Å². The maximum Gasteiger partial charge on any atom is 1.00 e. The second-order valence-electron chi connectivity index (χ2n) is 1.56. The largest absolute Gasteiger partial charge is 1.00 e. The fraction of sp³-hybridized carbons (Fsp3) is 0. The minimum absolute atomic E-state index is 0. The van der Waals surface area contributed by atoms with Gasteiger partial charge < -0.3 is 15.0 Å². The molecule has 0 aliphatic heterocycles. The van der Waals surface area contributed by atoms with E-state index in [4.69, 9.17) is 30.3 Å². The molecule has 0 radical (unpaired) electrons. The first-order valence-electron chi connectivity index (χ1n) is 3.08. The molecule has 0 spiro atoms. The van der Waals surface area contributed by atoms with Crippen molar-refractivity contribution < 1.29 is 107 Å². The Morgan fingerprint density at radius 1 is 0.778 bits per heavy atom. The molecule has 0 fully saturated rings. The summed E-state index contributed by atoms with van der Waals surface area (Å²) in [6, 6.07) is 0. The van der Waals surface area contributed by atoms with Crippen molar-refractivity contribution >= 4 is 40.3 Å². The van der Waals surface area contributed by atoms with Gasteiger partial charge in [-0.15, -0.1) is 0 Å². The maximum absolute atomic E-state index is 9.84. The number of hydrogen-bond acceptors (Lipinski definition) is 8. The first kappa shape index (κ1) is 22.5. The van der Waals surface area contributed by atoms with Crippen molar-refractivity contribution in [3.63, 3.8) is 0 Å². The summed E-state index contributed by atoms with van der Waals surface area (Å²) in [5, 5.41) is 39.2. The van der Waals surface area contributed by atoms with Crippen molar-refractivity contribution in [2.45, 2.75) is 0 Å². The van der Waals surface area contributed by atoms with Crippen LogP contribution in [0.2, 0.25) is 0 Å². The van der Waals surface area contributed by atoms with E-state index in [0.29, 0.717) is 0 Å². The van der Waals surface area contributed by atoms with Gasteiger partial charge in [0.1, 0.15) is 0 Å². The van der Waals surface area contributed by atoms with Crippen LogP contribution < -0.4 is 56.5 Å². The van der Waals surface area contributed by atoms with E-state index in [0.717, 1.165) is 0 Å². The molecule has 18 heavy (non-hydrogen) atoms. The van der Waals surface area contributed by atoms with E-state index in [2.05, 4.69) is 11.2 Å². The molecule has 0 saturated carbocycles. The summed E-state index contributed by atoms with van der Waals surface area (Å²) in [5.74, 6) is 0. The van der Waals surface area contributed by atoms with Crippen molar-refractivity contribution in [2.24, 2.45) is 0 Å². The number of carboxylic acid groups (broad SMARTS) is 5. The summed E-state index contributed by atoms with van der Waals surface area (Å²) >= 11 is -3.77. The van der Waals surface area contributed by atoms with Gasteiger partial charge in [0.2, 0.25) is 6.16 Å². The summed E-state index contributed by atoms with van der Waals surface area (Å²) in [7, 11) is 0. The fourth-order valence-corrected chi connectivity index (χ4v) is 1.28. The summed E-state index contributed by atoms with van der Waals surface area (Å²) < 4.78 is 11.2. The van der Waals surface area contributed by atoms with E-state index in [-0.39, 0.29) is 51.4 Å². The molecule has 0 aromatic rings. The van der Waals surface area contributed by atoms with Crippen molar-refractivity contribution in [1.82, 2.24) is 0 Å². The zero-order valence-corrected chi connectivity index (χ0v) is 13.5. The molecule has 0 bridgehead atoms. The Balaban J connectivity index is -0.000000392. The Bertz CT molecular complexity index is 260. The van der Waals surface area contributed by atoms with Gasteiger partial charge in [0.15, 0.2) is 0 Å². The van der Waals surface area contributed by atoms with Gasteiger partial charge in [-0.25, -0.2) is 0 Å². The van der Waals surface area contributed by atoms with E-state index < -0.39 is 40.3 Å². The van der Waals surface area contributed by atoms with Gasteiger partial charge in [0, 0.05) is 0 Å². The Morgan fingerprint density at radius 2 is 0.944 bits per heavy atom. The molecule has 0 atom stereocenters. The quantitative estimate of drug-likeness (QED) is 0.356. The molecule has 12 nitrogen and oxygen atoms in total. The molecule has 0 rings (SSSR count). The van der Waals surface area contributed by atoms with Crippen LogP contribution in [-0.2, 0) is 11.2 Å². The number of rotatable bonds is 3. The van der Waals surface area contributed by atoms with Gasteiger partial charge >= 0.3 is 126 Å². The normalized spacial score (nSPS) is 7.83. The Morgan fingerprint density at radius 3 is 1.06 bits per heavy atom. The summed E-state index contributed by atoms with van der Waals surface area (Å²) in [4.78, 5) is 38.0. The van der Waals surface area contributed by atoms with E-state index in [1.54, 1.807) is 0 Å². The van der Waals surface area contributed by atoms with Crippen LogP contribution >= 0.6 is 0 Å². The van der Waals surface area contributed by atoms with E-state index >= 15 is 0 Å². The minimum Gasteiger partial charge on any atom is -0.565 e. The Kier molecular flexibility index (Phi) is 15.9. The van der Waals surface area contributed by atoms with Crippen molar-refractivity contribution in [1.29, 1.82) is 0 Å². The molecule has 0 unspecified atom stereocenters. The third-order valence-corrected chi connectivity index (χ3v) is 2.38. The minimum atomic E-state index is -3.77. The predicted molar refractivity (Wildman–Crippen MR) is 41.1 cm³/mol. The maximum atomic E-state index is 9.84. The van der Waals surface area contributed by atoms with Crippen LogP contribution in [-0.4, -0.2) is 60.7 Å². The van der Waals surface area contributed by atoms with Gasteiger partial charge in [-0.2, -0.15) is 0 Å². The van der Waals surface area contributed by atoms with Crippen molar-refractivity contribution in [2.75, 3.05) is 0 Å². The molecule has 0 aromatic carbocycles. The molecule has 14 heteroatoms. The smallest absolute Gasteiger partial charge is 0.565 e. The zero-order valence-electron chi connectivity index (χ0n) is 8.50. The number of hydrogen-bond donors (Lipinski definition) is 4. The predicted octanol–water partition coefficient (Wildman–Crippen LogP) is -4.05. The van der Waals surface area contributed by atoms with Crippen LogP contribution in [0.3, 0.4) is 0 Å². The van der Waals surface area contributed by atoms with Gasteiger partial charge in [0.25, 0.3) is 0 Å². The first-order valence-corrected chi connectivity index (χ1v) is 5.37. The summed E-state index contributed by atoms with van der Waals surface area (Å²) in [6.07, 6.45) is -7.70. The second-order valence-corrected chi connectivity index (χ2v) is 3.65. The van der Waals surface area contributed by atoms with Gasteiger partial charge in [-0.05, 0) is 0 Å². The SMILES string of the molecule is O=C(O)O[As](OC(=O)O)OC(=O)O.O=C([O-])O.[K+]. The fourth-order valence-electron chi connectivity index (χ4n) is 0.247. The molecule has 4 N–H and O–H groups in total. The average Bonchev–Trinajstić information content (AvgIpc) is 1.96. The van der Waals surface area contributed by atoms with Crippen LogP contribution in [0.15, 0.2) is 0 Å². The zero-order chi connectivity index (χ0) is 14.0. The molecule has 0 aliphatic rings. The van der Waals surface area contributed by atoms with E-state index in [1.807, 2.05) is 0 Å². The molecule has 0 saturated heterocycles. The van der Waals surface area contributed by atoms with E-state index in [9.17, 15) is 14.4 Å². The third-order valence-electron chi connectivity index (χ3n) is 0.458. The molecule has 0 aliphatic carbocycles. The number of carbonyl (C=O) groups is 4. The van der Waals surface area contributed by atoms with Crippen LogP contribution in [0, 0.1) is 0 Å². The summed E-state index contributed by atoms with van der Waals surface area (Å²) in [5.41, 5.74) is 0. The topological polar surface area (TPSA) is 200 Å². The molecule has 0 amide bonds. The first-order chi connectivity index (χ1) is 7.65. The molecule has 98 valence electrons. The van der Waals surface area contributed by atoms with Crippen molar-refractivity contribution in [3.05, 3.63) is 0 Å². The monoisotopic (exact) mass is 358 g/mol. The van der Waals surface area contributed by atoms with Crippen LogP contribution in [0.5, 0.6) is 0 Å². The Labute approximate surface area is 146 Å².